The van der Waals surface area contributed by atoms with Gasteiger partial charge in [-0.25, -0.2) is 4.79 Å². The second-order valence-corrected chi connectivity index (χ2v) is 4.76. The number of ether oxygens (including phenoxy) is 1. The van der Waals surface area contributed by atoms with Crippen molar-refractivity contribution in [1.82, 2.24) is 0 Å². The molecule has 1 aromatic carbocycles. The van der Waals surface area contributed by atoms with Gasteiger partial charge in [0.2, 0.25) is 0 Å². The van der Waals surface area contributed by atoms with Crippen LogP contribution in [0.1, 0.15) is 23.7 Å². The lowest BCUT2D eigenvalue weighted by molar-refractivity contribution is 0.0601. The third-order valence-corrected chi connectivity index (χ3v) is 3.09. The Labute approximate surface area is 113 Å². The van der Waals surface area contributed by atoms with Gasteiger partial charge in [-0.1, -0.05) is 43.4 Å². The third kappa shape index (κ3) is 3.19. The average molecular weight is 255 g/mol. The number of methoxy groups -OCH3 is 1. The Kier molecular flexibility index (Phi) is 3.95. The molecule has 0 spiro atoms. The van der Waals surface area contributed by atoms with E-state index < -0.39 is 0 Å². The fourth-order valence-electron chi connectivity index (χ4n) is 1.93. The molecular weight excluding hydrogens is 238 g/mol. The summed E-state index contributed by atoms with van der Waals surface area (Å²) in [5.74, 6) is -0.364. The van der Waals surface area contributed by atoms with Crippen LogP contribution in [0.15, 0.2) is 53.6 Å². The Morgan fingerprint density at radius 2 is 2.16 bits per heavy atom. The summed E-state index contributed by atoms with van der Waals surface area (Å²) >= 11 is 0. The summed E-state index contributed by atoms with van der Waals surface area (Å²) in [5, 5.41) is 0. The molecule has 0 fully saturated rings. The highest BCUT2D eigenvalue weighted by atomic mass is 16.5. The molecule has 0 aliphatic heterocycles. The molecule has 2 rings (SSSR count). The number of carbonyl (C=O) groups is 1. The lowest BCUT2D eigenvalue weighted by Gasteiger charge is -2.20. The maximum Gasteiger partial charge on any atom is 0.340 e. The number of aliphatic imine (C=N–C) groups is 1. The first-order valence-electron chi connectivity index (χ1n) is 6.21. The highest BCUT2D eigenvalue weighted by Gasteiger charge is 2.18. The van der Waals surface area contributed by atoms with Crippen molar-refractivity contribution in [3.05, 3.63) is 54.1 Å². The van der Waals surface area contributed by atoms with Gasteiger partial charge >= 0.3 is 5.97 Å². The lowest BCUT2D eigenvalue weighted by atomic mass is 9.85. The number of nitrogens with zero attached hydrogens (tertiary/aromatic N) is 1. The van der Waals surface area contributed by atoms with Gasteiger partial charge in [-0.2, -0.15) is 0 Å². The Hall–Kier alpha value is -2.16. The van der Waals surface area contributed by atoms with Crippen molar-refractivity contribution in [1.29, 1.82) is 0 Å². The molecular formula is C16H17NO2. The quantitative estimate of drug-likeness (QED) is 0.610. The minimum Gasteiger partial charge on any atom is -0.465 e. The van der Waals surface area contributed by atoms with Crippen molar-refractivity contribution in [2.75, 3.05) is 7.11 Å². The number of esters is 1. The second-order valence-electron chi connectivity index (χ2n) is 4.76. The number of benzene rings is 1. The molecule has 98 valence electrons. The number of rotatable bonds is 3. The van der Waals surface area contributed by atoms with Gasteiger partial charge in [0.25, 0.3) is 0 Å². The van der Waals surface area contributed by atoms with Crippen LogP contribution in [0, 0.1) is 5.41 Å². The molecule has 0 saturated carbocycles. The van der Waals surface area contributed by atoms with Crippen LogP contribution in [-0.2, 0) is 4.74 Å². The fourth-order valence-corrected chi connectivity index (χ4v) is 1.93. The largest absolute Gasteiger partial charge is 0.465 e. The predicted octanol–water partition coefficient (Wildman–Crippen LogP) is 3.70. The molecule has 19 heavy (non-hydrogen) atoms. The van der Waals surface area contributed by atoms with E-state index in [9.17, 15) is 4.79 Å². The smallest absolute Gasteiger partial charge is 0.340 e. The summed E-state index contributed by atoms with van der Waals surface area (Å²) in [6.07, 6.45) is 11.1. The van der Waals surface area contributed by atoms with Gasteiger partial charge in [0.05, 0.1) is 18.4 Å². The summed E-state index contributed by atoms with van der Waals surface area (Å²) in [7, 11) is 1.37. The zero-order valence-corrected chi connectivity index (χ0v) is 11.2. The number of hydrogen-bond acceptors (Lipinski definition) is 3. The Morgan fingerprint density at radius 3 is 2.84 bits per heavy atom. The molecule has 0 saturated heterocycles. The van der Waals surface area contributed by atoms with E-state index in [1.54, 1.807) is 12.1 Å². The minimum absolute atomic E-state index is 0.0992. The van der Waals surface area contributed by atoms with Crippen molar-refractivity contribution in [3.63, 3.8) is 0 Å². The Bertz CT molecular complexity index is 558. The van der Waals surface area contributed by atoms with E-state index in [1.165, 1.54) is 7.11 Å². The summed E-state index contributed by atoms with van der Waals surface area (Å²) < 4.78 is 4.76. The van der Waals surface area contributed by atoms with E-state index in [4.69, 9.17) is 4.74 Å². The summed E-state index contributed by atoms with van der Waals surface area (Å²) in [4.78, 5) is 16.1. The van der Waals surface area contributed by atoms with Gasteiger partial charge in [-0.15, -0.1) is 0 Å². The maximum absolute atomic E-state index is 11.6. The third-order valence-electron chi connectivity index (χ3n) is 3.09. The van der Waals surface area contributed by atoms with Crippen LogP contribution in [0.4, 0.5) is 5.69 Å². The van der Waals surface area contributed by atoms with E-state index in [0.717, 1.165) is 6.42 Å². The normalized spacial score (nSPS) is 21.8. The van der Waals surface area contributed by atoms with Gasteiger partial charge in [0.1, 0.15) is 0 Å². The van der Waals surface area contributed by atoms with E-state index in [2.05, 4.69) is 24.1 Å². The van der Waals surface area contributed by atoms with Crippen LogP contribution in [0.3, 0.4) is 0 Å². The lowest BCUT2D eigenvalue weighted by Crippen LogP contribution is -2.15. The number of para-hydroxylation sites is 1. The number of carbonyl (C=O) groups excluding carboxylic acids is 1. The van der Waals surface area contributed by atoms with Crippen molar-refractivity contribution < 1.29 is 9.53 Å². The topological polar surface area (TPSA) is 38.7 Å². The summed E-state index contributed by atoms with van der Waals surface area (Å²) in [6.45, 7) is 2.11. The standard InChI is InChI=1S/C16H17NO2/c1-16(10-6-3-7-11-16)12-17-14-9-5-4-8-13(14)15(18)19-2/h3-10,12H,11H2,1-2H3. The van der Waals surface area contributed by atoms with Crippen LogP contribution >= 0.6 is 0 Å². The Balaban J connectivity index is 2.26. The summed E-state index contributed by atoms with van der Waals surface area (Å²) in [6, 6.07) is 7.19. The van der Waals surface area contributed by atoms with Crippen LogP contribution in [0.5, 0.6) is 0 Å². The van der Waals surface area contributed by atoms with Crippen molar-refractivity contribution in [2.45, 2.75) is 13.3 Å². The van der Waals surface area contributed by atoms with Crippen molar-refractivity contribution >= 4 is 17.9 Å². The van der Waals surface area contributed by atoms with Crippen LogP contribution < -0.4 is 0 Å². The highest BCUT2D eigenvalue weighted by molar-refractivity contribution is 5.95. The summed E-state index contributed by atoms with van der Waals surface area (Å²) in [5.41, 5.74) is 1.02. The predicted molar refractivity (Wildman–Crippen MR) is 76.9 cm³/mol. The second kappa shape index (κ2) is 5.65. The average Bonchev–Trinajstić information content (AvgIpc) is 2.45. The van der Waals surface area contributed by atoms with Gasteiger partial charge in [0.15, 0.2) is 0 Å². The van der Waals surface area contributed by atoms with Crippen molar-refractivity contribution in [2.24, 2.45) is 10.4 Å². The Morgan fingerprint density at radius 1 is 1.37 bits per heavy atom. The van der Waals surface area contributed by atoms with E-state index in [0.29, 0.717) is 11.3 Å². The van der Waals surface area contributed by atoms with E-state index in [-0.39, 0.29) is 11.4 Å². The molecule has 0 bridgehead atoms. The molecule has 3 nitrogen and oxygen atoms in total. The van der Waals surface area contributed by atoms with Gasteiger partial charge in [-0.05, 0) is 18.6 Å². The van der Waals surface area contributed by atoms with Gasteiger partial charge in [0, 0.05) is 11.6 Å². The molecule has 1 aliphatic rings. The van der Waals surface area contributed by atoms with Crippen LogP contribution in [-0.4, -0.2) is 19.3 Å². The SMILES string of the molecule is COC(=O)c1ccccc1N=CC1(C)C=CC=CC1. The molecule has 1 aromatic rings. The first-order valence-corrected chi connectivity index (χ1v) is 6.21. The van der Waals surface area contributed by atoms with E-state index >= 15 is 0 Å². The van der Waals surface area contributed by atoms with Crippen molar-refractivity contribution in [3.8, 4) is 0 Å². The molecule has 0 aromatic heterocycles. The van der Waals surface area contributed by atoms with Crippen LogP contribution in [0.25, 0.3) is 0 Å². The highest BCUT2D eigenvalue weighted by Crippen LogP contribution is 2.27. The van der Waals surface area contributed by atoms with Crippen LogP contribution in [0.2, 0.25) is 0 Å². The molecule has 1 atom stereocenters. The molecule has 1 unspecified atom stereocenters. The molecule has 0 N–H and O–H groups in total. The van der Waals surface area contributed by atoms with Gasteiger partial charge < -0.3 is 4.74 Å². The molecule has 3 heteroatoms. The number of hydrogen-bond donors (Lipinski definition) is 0. The molecule has 0 amide bonds. The van der Waals surface area contributed by atoms with Gasteiger partial charge in [-0.3, -0.25) is 4.99 Å². The maximum atomic E-state index is 11.6. The minimum atomic E-state index is -0.364. The fraction of sp³-hybridized carbons (Fsp3) is 0.250. The number of allylic oxidation sites excluding steroid dienone is 4. The first kappa shape index (κ1) is 13.3. The monoisotopic (exact) mass is 255 g/mol. The zero-order chi connectivity index (χ0) is 13.7. The van der Waals surface area contributed by atoms with E-state index in [1.807, 2.05) is 30.5 Å². The first-order chi connectivity index (χ1) is 9.14. The zero-order valence-electron chi connectivity index (χ0n) is 11.2. The molecule has 1 aliphatic carbocycles. The molecule has 0 radical (unpaired) electrons. The molecule has 0 heterocycles.